The summed E-state index contributed by atoms with van der Waals surface area (Å²) in [6.07, 6.45) is 0.813. The van der Waals surface area contributed by atoms with Gasteiger partial charge in [0.2, 0.25) is 0 Å². The first-order chi connectivity index (χ1) is 10.2. The predicted molar refractivity (Wildman–Crippen MR) is 82.7 cm³/mol. The van der Waals surface area contributed by atoms with Crippen LogP contribution in [0.5, 0.6) is 11.5 Å². The summed E-state index contributed by atoms with van der Waals surface area (Å²) in [6, 6.07) is 15.5. The van der Waals surface area contributed by atoms with Gasteiger partial charge in [0.25, 0.3) is 0 Å². The number of benzene rings is 2. The molecule has 21 heavy (non-hydrogen) atoms. The van der Waals surface area contributed by atoms with E-state index in [0.29, 0.717) is 18.8 Å². The van der Waals surface area contributed by atoms with Crippen molar-refractivity contribution in [2.75, 3.05) is 13.2 Å². The topological polar surface area (TPSA) is 42.2 Å². The summed E-state index contributed by atoms with van der Waals surface area (Å²) in [7, 11) is 0. The fraction of sp³-hybridized carbons (Fsp3) is 0.278. The van der Waals surface area contributed by atoms with Crippen molar-refractivity contribution in [2.45, 2.75) is 20.3 Å². The maximum absolute atomic E-state index is 8.82. The van der Waals surface area contributed by atoms with Crippen LogP contribution in [0.2, 0.25) is 0 Å². The van der Waals surface area contributed by atoms with E-state index in [0.717, 1.165) is 29.0 Å². The second-order valence-electron chi connectivity index (χ2n) is 4.91. The lowest BCUT2D eigenvalue weighted by Gasteiger charge is -2.11. The lowest BCUT2D eigenvalue weighted by atomic mass is 10.1. The van der Waals surface area contributed by atoms with Crippen LogP contribution in [0.25, 0.3) is 0 Å². The van der Waals surface area contributed by atoms with Crippen LogP contribution in [-0.4, -0.2) is 13.2 Å². The van der Waals surface area contributed by atoms with Crippen LogP contribution in [0.1, 0.15) is 23.1 Å². The molecule has 2 aromatic rings. The highest BCUT2D eigenvalue weighted by molar-refractivity contribution is 5.41. The minimum Gasteiger partial charge on any atom is -0.493 e. The summed E-state index contributed by atoms with van der Waals surface area (Å²) >= 11 is 0. The first kappa shape index (κ1) is 14.9. The maximum Gasteiger partial charge on any atom is 0.122 e. The van der Waals surface area contributed by atoms with Crippen LogP contribution >= 0.6 is 0 Å². The van der Waals surface area contributed by atoms with E-state index in [1.165, 1.54) is 0 Å². The lowest BCUT2D eigenvalue weighted by molar-refractivity contribution is 0.246. The SMILES string of the molecule is Cc1ccccc1OCCCOc1ccc(C#N)cc1C. The summed E-state index contributed by atoms with van der Waals surface area (Å²) in [5.41, 5.74) is 2.78. The molecule has 0 amide bonds. The van der Waals surface area contributed by atoms with E-state index in [1.54, 1.807) is 6.07 Å². The summed E-state index contributed by atoms with van der Waals surface area (Å²) in [5.74, 6) is 1.75. The third-order valence-electron chi connectivity index (χ3n) is 3.20. The van der Waals surface area contributed by atoms with Gasteiger partial charge in [-0.05, 0) is 49.2 Å². The van der Waals surface area contributed by atoms with Crippen molar-refractivity contribution in [3.63, 3.8) is 0 Å². The minimum absolute atomic E-state index is 0.596. The quantitative estimate of drug-likeness (QED) is 0.751. The molecule has 0 spiro atoms. The van der Waals surface area contributed by atoms with E-state index < -0.39 is 0 Å². The van der Waals surface area contributed by atoms with Crippen molar-refractivity contribution in [1.82, 2.24) is 0 Å². The largest absolute Gasteiger partial charge is 0.493 e. The molecule has 0 aliphatic rings. The fourth-order valence-corrected chi connectivity index (χ4v) is 2.02. The Morgan fingerprint density at radius 1 is 0.905 bits per heavy atom. The third-order valence-corrected chi connectivity index (χ3v) is 3.20. The molecule has 3 nitrogen and oxygen atoms in total. The Morgan fingerprint density at radius 3 is 2.19 bits per heavy atom. The zero-order valence-electron chi connectivity index (χ0n) is 12.4. The van der Waals surface area contributed by atoms with Gasteiger partial charge in [0.15, 0.2) is 0 Å². The number of nitriles is 1. The van der Waals surface area contributed by atoms with Crippen LogP contribution in [-0.2, 0) is 0 Å². The Balaban J connectivity index is 1.75. The van der Waals surface area contributed by atoms with Crippen molar-refractivity contribution in [1.29, 1.82) is 5.26 Å². The predicted octanol–water partition coefficient (Wildman–Crippen LogP) is 4.02. The normalized spacial score (nSPS) is 9.95. The van der Waals surface area contributed by atoms with E-state index in [4.69, 9.17) is 14.7 Å². The van der Waals surface area contributed by atoms with Gasteiger partial charge in [0.05, 0.1) is 24.8 Å². The summed E-state index contributed by atoms with van der Waals surface area (Å²) in [4.78, 5) is 0. The molecule has 0 saturated carbocycles. The van der Waals surface area contributed by atoms with Crippen molar-refractivity contribution < 1.29 is 9.47 Å². The van der Waals surface area contributed by atoms with Gasteiger partial charge in [-0.1, -0.05) is 18.2 Å². The highest BCUT2D eigenvalue weighted by atomic mass is 16.5. The first-order valence-corrected chi connectivity index (χ1v) is 7.02. The highest BCUT2D eigenvalue weighted by Gasteiger charge is 2.02. The van der Waals surface area contributed by atoms with E-state index in [-0.39, 0.29) is 0 Å². The summed E-state index contributed by atoms with van der Waals surface area (Å²) < 4.78 is 11.4. The Hall–Kier alpha value is -2.47. The third kappa shape index (κ3) is 4.25. The van der Waals surface area contributed by atoms with E-state index >= 15 is 0 Å². The molecule has 0 aliphatic carbocycles. The zero-order valence-corrected chi connectivity index (χ0v) is 12.4. The van der Waals surface area contributed by atoms with E-state index in [9.17, 15) is 0 Å². The number of rotatable bonds is 6. The molecule has 2 aromatic carbocycles. The van der Waals surface area contributed by atoms with Crippen molar-refractivity contribution in [2.24, 2.45) is 0 Å². The lowest BCUT2D eigenvalue weighted by Crippen LogP contribution is -2.06. The second kappa shape index (κ2) is 7.35. The van der Waals surface area contributed by atoms with Crippen molar-refractivity contribution in [3.8, 4) is 17.6 Å². The van der Waals surface area contributed by atoms with Crippen LogP contribution in [0.3, 0.4) is 0 Å². The van der Waals surface area contributed by atoms with Crippen LogP contribution in [0, 0.1) is 25.2 Å². The van der Waals surface area contributed by atoms with Crippen molar-refractivity contribution >= 4 is 0 Å². The molecule has 0 fully saturated rings. The van der Waals surface area contributed by atoms with Gasteiger partial charge in [-0.25, -0.2) is 0 Å². The average Bonchev–Trinajstić information content (AvgIpc) is 2.50. The number of hydrogen-bond acceptors (Lipinski definition) is 3. The van der Waals surface area contributed by atoms with Gasteiger partial charge in [-0.3, -0.25) is 0 Å². The number of hydrogen-bond donors (Lipinski definition) is 0. The van der Waals surface area contributed by atoms with Gasteiger partial charge in [0, 0.05) is 6.42 Å². The highest BCUT2D eigenvalue weighted by Crippen LogP contribution is 2.19. The number of para-hydroxylation sites is 1. The average molecular weight is 281 g/mol. The molecule has 0 bridgehead atoms. The first-order valence-electron chi connectivity index (χ1n) is 7.02. The standard InChI is InChI=1S/C18H19NO2/c1-14-6-3-4-7-17(14)20-10-5-11-21-18-9-8-16(13-19)12-15(18)2/h3-4,6-9,12H,5,10-11H2,1-2H3. The molecular weight excluding hydrogens is 262 g/mol. The second-order valence-corrected chi connectivity index (χ2v) is 4.91. The molecule has 0 heterocycles. The number of aryl methyl sites for hydroxylation is 2. The van der Waals surface area contributed by atoms with Gasteiger partial charge in [0.1, 0.15) is 11.5 Å². The Kier molecular flexibility index (Phi) is 5.22. The number of ether oxygens (including phenoxy) is 2. The van der Waals surface area contributed by atoms with Gasteiger partial charge < -0.3 is 9.47 Å². The Labute approximate surface area is 125 Å². The molecule has 108 valence electrons. The monoisotopic (exact) mass is 281 g/mol. The molecule has 0 saturated heterocycles. The molecule has 0 N–H and O–H groups in total. The summed E-state index contributed by atoms with van der Waals surface area (Å²) in [5, 5.41) is 8.82. The zero-order chi connectivity index (χ0) is 15.1. The molecule has 3 heteroatoms. The molecular formula is C18H19NO2. The molecule has 0 aromatic heterocycles. The smallest absolute Gasteiger partial charge is 0.122 e. The molecule has 0 atom stereocenters. The number of nitrogens with zero attached hydrogens (tertiary/aromatic N) is 1. The van der Waals surface area contributed by atoms with E-state index in [2.05, 4.69) is 6.07 Å². The molecule has 0 unspecified atom stereocenters. The Morgan fingerprint density at radius 2 is 1.57 bits per heavy atom. The minimum atomic E-state index is 0.596. The molecule has 0 aliphatic heterocycles. The van der Waals surface area contributed by atoms with Gasteiger partial charge in [-0.2, -0.15) is 5.26 Å². The molecule has 2 rings (SSSR count). The van der Waals surface area contributed by atoms with Gasteiger partial charge in [-0.15, -0.1) is 0 Å². The maximum atomic E-state index is 8.82. The van der Waals surface area contributed by atoms with Crippen molar-refractivity contribution in [3.05, 3.63) is 59.2 Å². The summed E-state index contributed by atoms with van der Waals surface area (Å²) in [6.45, 7) is 5.20. The molecule has 0 radical (unpaired) electrons. The van der Waals surface area contributed by atoms with Crippen LogP contribution in [0.15, 0.2) is 42.5 Å². The van der Waals surface area contributed by atoms with Crippen LogP contribution in [0.4, 0.5) is 0 Å². The Bertz CT molecular complexity index is 644. The van der Waals surface area contributed by atoms with E-state index in [1.807, 2.05) is 50.2 Å². The van der Waals surface area contributed by atoms with Crippen LogP contribution < -0.4 is 9.47 Å². The van der Waals surface area contributed by atoms with Gasteiger partial charge >= 0.3 is 0 Å². The fourth-order valence-electron chi connectivity index (χ4n) is 2.02.